The molecule has 3 nitrogen and oxygen atoms in total. The summed E-state index contributed by atoms with van der Waals surface area (Å²) in [6, 6.07) is 4.24. The molecule has 2 atom stereocenters. The van der Waals surface area contributed by atoms with Crippen LogP contribution in [-0.2, 0) is 0 Å². The molecule has 2 rings (SSSR count). The van der Waals surface area contributed by atoms with Crippen molar-refractivity contribution in [3.63, 3.8) is 0 Å². The Labute approximate surface area is 117 Å². The molecule has 1 aliphatic heterocycles. The van der Waals surface area contributed by atoms with Crippen LogP contribution < -0.4 is 5.73 Å². The molecule has 0 radical (unpaired) electrons. The topological polar surface area (TPSA) is 42.4 Å². The van der Waals surface area contributed by atoms with E-state index in [-0.39, 0.29) is 6.04 Å². The average Bonchev–Trinajstić information content (AvgIpc) is 2.73. The minimum absolute atomic E-state index is 0.244. The van der Waals surface area contributed by atoms with Crippen molar-refractivity contribution in [2.24, 2.45) is 17.1 Å². The van der Waals surface area contributed by atoms with Crippen molar-refractivity contribution < 1.29 is 4.42 Å². The van der Waals surface area contributed by atoms with E-state index in [0.29, 0.717) is 12.0 Å². The third-order valence-corrected chi connectivity index (χ3v) is 4.52. The Kier molecular flexibility index (Phi) is 4.69. The van der Waals surface area contributed by atoms with Gasteiger partial charge in [0, 0.05) is 6.54 Å². The third-order valence-electron chi connectivity index (χ3n) is 4.52. The normalized spacial score (nSPS) is 24.1. The van der Waals surface area contributed by atoms with Crippen molar-refractivity contribution in [3.8, 4) is 0 Å². The zero-order valence-electron chi connectivity index (χ0n) is 12.6. The van der Waals surface area contributed by atoms with E-state index in [4.69, 9.17) is 10.2 Å². The molecular formula is C16H28N2O. The molecule has 19 heavy (non-hydrogen) atoms. The van der Waals surface area contributed by atoms with Crippen LogP contribution in [0.25, 0.3) is 0 Å². The number of likely N-dealkylation sites (tertiary alicyclic amines) is 1. The Bertz CT molecular complexity index is 367. The van der Waals surface area contributed by atoms with Crippen LogP contribution in [0.3, 0.4) is 0 Å². The first-order chi connectivity index (χ1) is 9.02. The molecule has 108 valence electrons. The van der Waals surface area contributed by atoms with Gasteiger partial charge in [-0.2, -0.15) is 0 Å². The van der Waals surface area contributed by atoms with E-state index in [1.807, 2.05) is 12.1 Å². The first-order valence-corrected chi connectivity index (χ1v) is 7.50. The van der Waals surface area contributed by atoms with E-state index in [1.165, 1.54) is 19.3 Å². The summed E-state index contributed by atoms with van der Waals surface area (Å²) in [5.41, 5.74) is 6.38. The van der Waals surface area contributed by atoms with Gasteiger partial charge in [0.15, 0.2) is 0 Å². The highest BCUT2D eigenvalue weighted by molar-refractivity contribution is 5.05. The molecule has 0 saturated carbocycles. The largest absolute Gasteiger partial charge is 0.468 e. The molecule has 1 saturated heterocycles. The van der Waals surface area contributed by atoms with E-state index in [1.54, 1.807) is 6.26 Å². The Morgan fingerprint density at radius 3 is 2.74 bits per heavy atom. The first-order valence-electron chi connectivity index (χ1n) is 7.50. The maximum atomic E-state index is 5.96. The van der Waals surface area contributed by atoms with E-state index in [2.05, 4.69) is 25.7 Å². The average molecular weight is 264 g/mol. The van der Waals surface area contributed by atoms with Gasteiger partial charge in [0.05, 0.1) is 12.3 Å². The lowest BCUT2D eigenvalue weighted by Gasteiger charge is -2.31. The number of rotatable bonds is 3. The van der Waals surface area contributed by atoms with E-state index < -0.39 is 0 Å². The van der Waals surface area contributed by atoms with Crippen molar-refractivity contribution >= 4 is 0 Å². The fourth-order valence-electron chi connectivity index (χ4n) is 3.22. The van der Waals surface area contributed by atoms with Gasteiger partial charge in [-0.25, -0.2) is 0 Å². The fraction of sp³-hybridized carbons (Fsp3) is 0.750. The van der Waals surface area contributed by atoms with E-state index >= 15 is 0 Å². The predicted molar refractivity (Wildman–Crippen MR) is 78.9 cm³/mol. The maximum Gasteiger partial charge on any atom is 0.122 e. The molecule has 3 heteroatoms. The molecule has 2 N–H and O–H groups in total. The first kappa shape index (κ1) is 14.6. The van der Waals surface area contributed by atoms with Gasteiger partial charge in [-0.3, -0.25) is 4.90 Å². The standard InChI is InChI=1S/C16H28N2O/c1-16(2,3)13-6-4-9-18(10-8-13)14(12-17)15-7-5-11-19-15/h5,7,11,13-14H,4,6,8-10,12,17H2,1-3H3. The quantitative estimate of drug-likeness (QED) is 0.909. The maximum absolute atomic E-state index is 5.96. The van der Waals surface area contributed by atoms with Crippen LogP contribution in [0.4, 0.5) is 0 Å². The van der Waals surface area contributed by atoms with Crippen LogP contribution in [0.5, 0.6) is 0 Å². The Morgan fingerprint density at radius 1 is 1.37 bits per heavy atom. The minimum Gasteiger partial charge on any atom is -0.468 e. The summed E-state index contributed by atoms with van der Waals surface area (Å²) in [6.07, 6.45) is 5.60. The summed E-state index contributed by atoms with van der Waals surface area (Å²) >= 11 is 0. The Balaban J connectivity index is 2.02. The molecule has 1 aromatic heterocycles. The van der Waals surface area contributed by atoms with Crippen molar-refractivity contribution in [1.29, 1.82) is 0 Å². The van der Waals surface area contributed by atoms with E-state index in [0.717, 1.165) is 24.8 Å². The molecule has 1 fully saturated rings. The highest BCUT2D eigenvalue weighted by Gasteiger charge is 2.30. The molecule has 0 bridgehead atoms. The summed E-state index contributed by atoms with van der Waals surface area (Å²) < 4.78 is 5.55. The SMILES string of the molecule is CC(C)(C)C1CCCN(C(CN)c2ccco2)CC1. The zero-order valence-corrected chi connectivity index (χ0v) is 12.6. The number of nitrogens with two attached hydrogens (primary N) is 1. The van der Waals surface area contributed by atoms with Crippen LogP contribution >= 0.6 is 0 Å². The summed E-state index contributed by atoms with van der Waals surface area (Å²) in [5, 5.41) is 0. The van der Waals surface area contributed by atoms with Crippen molar-refractivity contribution in [2.45, 2.75) is 46.1 Å². The van der Waals surface area contributed by atoms with Gasteiger partial charge in [-0.15, -0.1) is 0 Å². The number of hydrogen-bond donors (Lipinski definition) is 1. The minimum atomic E-state index is 0.244. The third kappa shape index (κ3) is 3.61. The highest BCUT2D eigenvalue weighted by Crippen LogP contribution is 2.35. The second-order valence-electron chi connectivity index (χ2n) is 6.80. The van der Waals surface area contributed by atoms with Gasteiger partial charge in [0.2, 0.25) is 0 Å². The number of hydrogen-bond acceptors (Lipinski definition) is 3. The van der Waals surface area contributed by atoms with Crippen LogP contribution in [-0.4, -0.2) is 24.5 Å². The molecule has 2 heterocycles. The Hall–Kier alpha value is -0.800. The monoisotopic (exact) mass is 264 g/mol. The molecule has 0 aliphatic carbocycles. The van der Waals surface area contributed by atoms with Gasteiger partial charge in [0.1, 0.15) is 5.76 Å². The summed E-state index contributed by atoms with van der Waals surface area (Å²) in [7, 11) is 0. The van der Waals surface area contributed by atoms with Crippen molar-refractivity contribution in [3.05, 3.63) is 24.2 Å². The van der Waals surface area contributed by atoms with Crippen molar-refractivity contribution in [2.75, 3.05) is 19.6 Å². The van der Waals surface area contributed by atoms with E-state index in [9.17, 15) is 0 Å². The smallest absolute Gasteiger partial charge is 0.122 e. The fourth-order valence-corrected chi connectivity index (χ4v) is 3.22. The van der Waals surface area contributed by atoms with Gasteiger partial charge in [-0.1, -0.05) is 20.8 Å². The van der Waals surface area contributed by atoms with Gasteiger partial charge in [0.25, 0.3) is 0 Å². The summed E-state index contributed by atoms with van der Waals surface area (Å²) in [5.74, 6) is 1.82. The Morgan fingerprint density at radius 2 is 2.16 bits per heavy atom. The van der Waals surface area contributed by atoms with Crippen molar-refractivity contribution in [1.82, 2.24) is 4.90 Å². The predicted octanol–water partition coefficient (Wildman–Crippen LogP) is 3.43. The van der Waals surface area contributed by atoms with Crippen LogP contribution in [0.1, 0.15) is 51.8 Å². The number of furan rings is 1. The molecule has 0 aromatic carbocycles. The summed E-state index contributed by atoms with van der Waals surface area (Å²) in [4.78, 5) is 2.50. The second kappa shape index (κ2) is 6.10. The molecule has 1 aliphatic rings. The molecule has 1 aromatic rings. The lowest BCUT2D eigenvalue weighted by molar-refractivity contribution is 0.170. The van der Waals surface area contributed by atoms with Crippen LogP contribution in [0, 0.1) is 11.3 Å². The summed E-state index contributed by atoms with van der Waals surface area (Å²) in [6.45, 7) is 9.98. The van der Waals surface area contributed by atoms with Gasteiger partial charge < -0.3 is 10.2 Å². The lowest BCUT2D eigenvalue weighted by atomic mass is 9.77. The second-order valence-corrected chi connectivity index (χ2v) is 6.80. The highest BCUT2D eigenvalue weighted by atomic mass is 16.3. The molecule has 0 spiro atoms. The van der Waals surface area contributed by atoms with Gasteiger partial charge in [-0.05, 0) is 55.8 Å². The van der Waals surface area contributed by atoms with Gasteiger partial charge >= 0.3 is 0 Å². The molecule has 2 unspecified atom stereocenters. The van der Waals surface area contributed by atoms with Crippen LogP contribution in [0.15, 0.2) is 22.8 Å². The lowest BCUT2D eigenvalue weighted by Crippen LogP contribution is -2.34. The van der Waals surface area contributed by atoms with Crippen LogP contribution in [0.2, 0.25) is 0 Å². The number of nitrogens with zero attached hydrogens (tertiary/aromatic N) is 1. The molecular weight excluding hydrogens is 236 g/mol. The molecule has 0 amide bonds. The zero-order chi connectivity index (χ0) is 13.9.